The van der Waals surface area contributed by atoms with E-state index in [0.29, 0.717) is 19.3 Å². The van der Waals surface area contributed by atoms with Crippen LogP contribution in [-0.2, 0) is 28.6 Å². The van der Waals surface area contributed by atoms with Crippen molar-refractivity contribution in [2.75, 3.05) is 41.0 Å². The Hall–Kier alpha value is -3.75. The molecule has 0 aliphatic carbocycles. The van der Waals surface area contributed by atoms with Crippen LogP contribution >= 0.6 is 0 Å². The van der Waals surface area contributed by atoms with Crippen molar-refractivity contribution >= 4 is 17.9 Å². The summed E-state index contributed by atoms with van der Waals surface area (Å²) in [4.78, 5) is 37.1. The van der Waals surface area contributed by atoms with E-state index in [-0.39, 0.29) is 42.7 Å². The molecule has 0 fully saturated rings. The van der Waals surface area contributed by atoms with E-state index >= 15 is 0 Å². The Morgan fingerprint density at radius 1 is 0.456 bits per heavy atom. The zero-order valence-electron chi connectivity index (χ0n) is 44.2. The minimum Gasteiger partial charge on any atom is -0.544 e. The summed E-state index contributed by atoms with van der Waals surface area (Å²) in [6, 6.07) is -0.739. The first-order chi connectivity index (χ1) is 33.1. The Labute approximate surface area is 417 Å². The van der Waals surface area contributed by atoms with E-state index in [1.807, 2.05) is 0 Å². The van der Waals surface area contributed by atoms with Gasteiger partial charge in [-0.05, 0) is 96.3 Å². The number of hydrogen-bond acceptors (Lipinski definition) is 7. The highest BCUT2D eigenvalue weighted by molar-refractivity contribution is 5.70. The Bertz CT molecular complexity index is 1430. The number of ether oxygens (including phenoxy) is 3. The molecule has 0 bridgehead atoms. The van der Waals surface area contributed by atoms with E-state index < -0.39 is 18.1 Å². The first-order valence-corrected chi connectivity index (χ1v) is 27.3. The van der Waals surface area contributed by atoms with Gasteiger partial charge in [0.1, 0.15) is 12.6 Å². The molecule has 68 heavy (non-hydrogen) atoms. The van der Waals surface area contributed by atoms with E-state index in [9.17, 15) is 19.5 Å². The number of quaternary nitrogens is 1. The van der Waals surface area contributed by atoms with Gasteiger partial charge in [-0.1, -0.05) is 195 Å². The fourth-order valence-corrected chi connectivity index (χ4v) is 7.52. The highest BCUT2D eigenvalue weighted by Gasteiger charge is 2.25. The summed E-state index contributed by atoms with van der Waals surface area (Å²) in [7, 11) is 5.40. The van der Waals surface area contributed by atoms with Gasteiger partial charge in [0.15, 0.2) is 6.10 Å². The third kappa shape index (κ3) is 47.3. The van der Waals surface area contributed by atoms with Crippen LogP contribution in [0.4, 0.5) is 0 Å². The lowest BCUT2D eigenvalue weighted by atomic mass is 10.0. The third-order valence-corrected chi connectivity index (χ3v) is 11.7. The number of unbranched alkanes of at least 4 members (excludes halogenated alkanes) is 18. The Balaban J connectivity index is 4.29. The van der Waals surface area contributed by atoms with Crippen LogP contribution in [-0.4, -0.2) is 75.5 Å². The maximum atomic E-state index is 12.8. The third-order valence-electron chi connectivity index (χ3n) is 11.7. The van der Waals surface area contributed by atoms with Crippen molar-refractivity contribution < 1.29 is 38.2 Å². The van der Waals surface area contributed by atoms with Crippen molar-refractivity contribution in [3.8, 4) is 0 Å². The summed E-state index contributed by atoms with van der Waals surface area (Å²) in [6.07, 6.45) is 67.3. The van der Waals surface area contributed by atoms with Crippen LogP contribution < -0.4 is 5.11 Å². The number of nitrogens with zero attached hydrogens (tertiary/aromatic N) is 1. The molecular weight excluding hydrogens is 847 g/mol. The van der Waals surface area contributed by atoms with Gasteiger partial charge in [-0.25, -0.2) is 0 Å². The van der Waals surface area contributed by atoms with E-state index in [1.165, 1.54) is 96.3 Å². The lowest BCUT2D eigenvalue weighted by Crippen LogP contribution is -2.55. The molecule has 0 aromatic carbocycles. The summed E-state index contributed by atoms with van der Waals surface area (Å²) < 4.78 is 17.2. The predicted molar refractivity (Wildman–Crippen MR) is 286 cm³/mol. The second-order valence-electron chi connectivity index (χ2n) is 19.1. The Kier molecular flexibility index (Phi) is 46.9. The molecule has 8 heteroatoms. The zero-order chi connectivity index (χ0) is 49.9. The van der Waals surface area contributed by atoms with Gasteiger partial charge in [-0.15, -0.1) is 0 Å². The minimum absolute atomic E-state index is 0.0217. The van der Waals surface area contributed by atoms with Gasteiger partial charge in [0.05, 0.1) is 40.3 Å². The summed E-state index contributed by atoms with van der Waals surface area (Å²) in [5.74, 6) is -1.80. The summed E-state index contributed by atoms with van der Waals surface area (Å²) in [5, 5.41) is 11.7. The van der Waals surface area contributed by atoms with E-state index in [4.69, 9.17) is 14.2 Å². The first kappa shape index (κ1) is 64.2. The number of likely N-dealkylation sites (N-methyl/N-ethyl adjacent to an activating group) is 1. The average Bonchev–Trinajstić information content (AvgIpc) is 3.30. The van der Waals surface area contributed by atoms with Gasteiger partial charge in [0.25, 0.3) is 0 Å². The topological polar surface area (TPSA) is 102 Å². The quantitative estimate of drug-likeness (QED) is 0.0259. The molecule has 0 heterocycles. The normalized spacial score (nSPS) is 13.6. The van der Waals surface area contributed by atoms with Gasteiger partial charge < -0.3 is 28.6 Å². The maximum Gasteiger partial charge on any atom is 0.306 e. The van der Waals surface area contributed by atoms with Crippen molar-refractivity contribution in [2.24, 2.45) is 0 Å². The number of esters is 2. The Morgan fingerprint density at radius 3 is 1.25 bits per heavy atom. The lowest BCUT2D eigenvalue weighted by Gasteiger charge is -2.34. The standard InChI is InChI=1S/C60H101NO7/c1-6-8-10-12-14-16-18-20-22-24-26-28-29-31-33-35-37-39-41-43-45-47-49-51-59(63)68-56(54-66-53-52-57(60(64)65)61(3,4)5)55-67-58(62)50-48-46-44-42-40-38-36-34-32-30-27-25-23-21-19-17-15-13-11-9-7-2/h8,10,14-17,20-23,27,30,34,36,40,42,56-57H,6-7,9,11-13,18-19,24-26,28-29,31-33,35,37-39,41,43-55H2,1-5H3/b10-8+,16-14+,17-15+,22-20+,23-21+,30-27+,36-34+,42-40+. The number of carboxylic acid groups (broad SMARTS) is 1. The Morgan fingerprint density at radius 2 is 0.824 bits per heavy atom. The highest BCUT2D eigenvalue weighted by Crippen LogP contribution is 2.15. The number of allylic oxidation sites excluding steroid dienone is 16. The number of carboxylic acids is 1. The fourth-order valence-electron chi connectivity index (χ4n) is 7.52. The fraction of sp³-hybridized carbons (Fsp3) is 0.683. The monoisotopic (exact) mass is 948 g/mol. The van der Waals surface area contributed by atoms with Crippen molar-refractivity contribution in [3.63, 3.8) is 0 Å². The van der Waals surface area contributed by atoms with Crippen LogP contribution in [0.5, 0.6) is 0 Å². The van der Waals surface area contributed by atoms with Crippen molar-refractivity contribution in [1.29, 1.82) is 0 Å². The molecule has 0 aromatic rings. The van der Waals surface area contributed by atoms with E-state index in [1.54, 1.807) is 21.1 Å². The van der Waals surface area contributed by atoms with Gasteiger partial charge in [0, 0.05) is 19.3 Å². The molecule has 388 valence electrons. The molecule has 2 atom stereocenters. The van der Waals surface area contributed by atoms with Gasteiger partial charge >= 0.3 is 11.9 Å². The smallest absolute Gasteiger partial charge is 0.306 e. The predicted octanol–water partition coefficient (Wildman–Crippen LogP) is 14.9. The molecule has 0 spiro atoms. The largest absolute Gasteiger partial charge is 0.544 e. The molecule has 0 aliphatic rings. The number of hydrogen-bond donors (Lipinski definition) is 0. The summed E-state index contributed by atoms with van der Waals surface area (Å²) in [6.45, 7) is 4.49. The van der Waals surface area contributed by atoms with Gasteiger partial charge in [-0.3, -0.25) is 9.59 Å². The molecule has 0 saturated carbocycles. The molecule has 0 N–H and O–H groups in total. The summed E-state index contributed by atoms with van der Waals surface area (Å²) in [5.41, 5.74) is 0. The van der Waals surface area contributed by atoms with Gasteiger partial charge in [-0.2, -0.15) is 0 Å². The molecule has 0 rings (SSSR count). The van der Waals surface area contributed by atoms with Crippen LogP contribution in [0.2, 0.25) is 0 Å². The molecular formula is C60H101NO7. The highest BCUT2D eigenvalue weighted by atomic mass is 16.6. The number of rotatable bonds is 48. The lowest BCUT2D eigenvalue weighted by molar-refractivity contribution is -0.889. The molecule has 8 nitrogen and oxygen atoms in total. The van der Waals surface area contributed by atoms with Crippen LogP contribution in [0.1, 0.15) is 213 Å². The molecule has 0 aromatic heterocycles. The van der Waals surface area contributed by atoms with Crippen molar-refractivity contribution in [3.05, 3.63) is 97.2 Å². The minimum atomic E-state index is -1.13. The zero-order valence-corrected chi connectivity index (χ0v) is 44.2. The second-order valence-corrected chi connectivity index (χ2v) is 19.1. The van der Waals surface area contributed by atoms with Crippen LogP contribution in [0.15, 0.2) is 97.2 Å². The molecule has 0 saturated heterocycles. The second kappa shape index (κ2) is 49.7. The summed E-state index contributed by atoms with van der Waals surface area (Å²) >= 11 is 0. The molecule has 2 unspecified atom stereocenters. The number of carbonyl (C=O) groups excluding carboxylic acids is 3. The maximum absolute atomic E-state index is 12.8. The van der Waals surface area contributed by atoms with E-state index in [2.05, 4.69) is 111 Å². The average molecular weight is 948 g/mol. The molecule has 0 amide bonds. The SMILES string of the molecule is CC/C=C/C/C=C/C/C=C/CCCCCCCCCCCCCCCC(=O)OC(COCCC(C(=O)[O-])[N+](C)(C)C)COC(=O)CCCC/C=C/C/C=C/C/C=C/C/C=C/C/C=C/CCCCC. The van der Waals surface area contributed by atoms with E-state index in [0.717, 1.165) is 77.0 Å². The molecule has 0 radical (unpaired) electrons. The van der Waals surface area contributed by atoms with Crippen LogP contribution in [0.3, 0.4) is 0 Å². The first-order valence-electron chi connectivity index (χ1n) is 27.3. The van der Waals surface area contributed by atoms with Crippen molar-refractivity contribution in [2.45, 2.75) is 225 Å². The van der Waals surface area contributed by atoms with Crippen molar-refractivity contribution in [1.82, 2.24) is 0 Å². The van der Waals surface area contributed by atoms with Crippen LogP contribution in [0, 0.1) is 0 Å². The number of carbonyl (C=O) groups is 3. The van der Waals surface area contributed by atoms with Gasteiger partial charge in [0.2, 0.25) is 0 Å². The van der Waals surface area contributed by atoms with Crippen LogP contribution in [0.25, 0.3) is 0 Å². The number of aliphatic carboxylic acids is 1. The molecule has 0 aliphatic heterocycles.